The van der Waals surface area contributed by atoms with Crippen LogP contribution in [0.25, 0.3) is 10.8 Å². The maximum atomic E-state index is 12.1. The second-order valence-electron chi connectivity index (χ2n) is 6.26. The Morgan fingerprint density at radius 2 is 2.29 bits per heavy atom. The summed E-state index contributed by atoms with van der Waals surface area (Å²) in [5.74, 6) is 1.60. The van der Waals surface area contributed by atoms with E-state index in [1.807, 2.05) is 17.5 Å². The number of piperidine rings is 1. The molecule has 0 radical (unpaired) electrons. The zero-order valence-electron chi connectivity index (χ0n) is 14.0. The van der Waals surface area contributed by atoms with Crippen molar-refractivity contribution in [1.29, 1.82) is 0 Å². The van der Waals surface area contributed by atoms with Crippen LogP contribution in [-0.4, -0.2) is 40.6 Å². The van der Waals surface area contributed by atoms with E-state index in [0.29, 0.717) is 30.6 Å². The largest absolute Gasteiger partial charge is 0.349 e. The Morgan fingerprint density at radius 3 is 3.00 bits per heavy atom. The summed E-state index contributed by atoms with van der Waals surface area (Å²) in [6.45, 7) is 5.93. The van der Waals surface area contributed by atoms with Crippen molar-refractivity contribution in [3.05, 3.63) is 23.3 Å². The normalized spacial score (nSPS) is 16.4. The molecule has 0 aliphatic carbocycles. The summed E-state index contributed by atoms with van der Waals surface area (Å²) >= 11 is 1.55. The van der Waals surface area contributed by atoms with Crippen molar-refractivity contribution in [2.24, 2.45) is 5.92 Å². The lowest BCUT2D eigenvalue weighted by Gasteiger charge is -2.31. The first-order valence-corrected chi connectivity index (χ1v) is 9.48. The number of carbonyl (C=O) groups is 1. The van der Waals surface area contributed by atoms with Crippen molar-refractivity contribution in [1.82, 2.24) is 20.4 Å². The molecule has 3 rings (SSSR count). The number of carbonyl (C=O) groups excluding carboxylic acids is 1. The quantitative estimate of drug-likeness (QED) is 0.833. The minimum atomic E-state index is 0.0754. The van der Waals surface area contributed by atoms with Crippen LogP contribution in [-0.2, 0) is 11.3 Å². The molecule has 1 saturated heterocycles. The summed E-state index contributed by atoms with van der Waals surface area (Å²) in [4.78, 5) is 19.9. The predicted molar refractivity (Wildman–Crippen MR) is 93.5 cm³/mol. The summed E-state index contributed by atoms with van der Waals surface area (Å²) in [6.07, 6.45) is 4.01. The Bertz CT molecular complexity index is 633. The molecule has 0 aromatic carbocycles. The zero-order valence-corrected chi connectivity index (χ0v) is 14.8. The minimum absolute atomic E-state index is 0.0754. The predicted octanol–water partition coefficient (Wildman–Crippen LogP) is 2.93. The van der Waals surface area contributed by atoms with Crippen molar-refractivity contribution in [2.45, 2.75) is 39.2 Å². The molecule has 0 bridgehead atoms. The Morgan fingerprint density at radius 1 is 1.46 bits per heavy atom. The maximum Gasteiger partial charge on any atom is 0.268 e. The molecule has 2 aromatic rings. The lowest BCUT2D eigenvalue weighted by atomic mass is 9.93. The monoisotopic (exact) mass is 348 g/mol. The molecule has 1 amide bonds. The fourth-order valence-corrected chi connectivity index (χ4v) is 3.71. The van der Waals surface area contributed by atoms with E-state index < -0.39 is 0 Å². The zero-order chi connectivity index (χ0) is 16.8. The van der Waals surface area contributed by atoms with Crippen molar-refractivity contribution < 1.29 is 9.32 Å². The van der Waals surface area contributed by atoms with Gasteiger partial charge in [-0.1, -0.05) is 18.1 Å². The van der Waals surface area contributed by atoms with Crippen LogP contribution in [0.5, 0.6) is 0 Å². The van der Waals surface area contributed by atoms with Crippen molar-refractivity contribution >= 4 is 17.2 Å². The first-order chi connectivity index (χ1) is 11.7. The van der Waals surface area contributed by atoms with E-state index in [1.165, 1.54) is 13.0 Å². The van der Waals surface area contributed by atoms with Gasteiger partial charge in [0.25, 0.3) is 5.89 Å². The summed E-state index contributed by atoms with van der Waals surface area (Å²) in [7, 11) is 0. The second kappa shape index (κ2) is 8.39. The van der Waals surface area contributed by atoms with Gasteiger partial charge < -0.3 is 14.7 Å². The molecule has 7 heteroatoms. The lowest BCUT2D eigenvalue weighted by molar-refractivity contribution is -0.122. The van der Waals surface area contributed by atoms with E-state index in [9.17, 15) is 4.79 Å². The van der Waals surface area contributed by atoms with Gasteiger partial charge in [0.15, 0.2) is 5.82 Å². The van der Waals surface area contributed by atoms with Gasteiger partial charge in [0.05, 0.1) is 11.4 Å². The van der Waals surface area contributed by atoms with Crippen LogP contribution in [0, 0.1) is 5.92 Å². The third-order valence-corrected chi connectivity index (χ3v) is 5.22. The summed E-state index contributed by atoms with van der Waals surface area (Å²) in [5.41, 5.74) is 0. The van der Waals surface area contributed by atoms with Crippen LogP contribution in [0.3, 0.4) is 0 Å². The van der Waals surface area contributed by atoms with E-state index >= 15 is 0 Å². The topological polar surface area (TPSA) is 71.3 Å². The highest BCUT2D eigenvalue weighted by Crippen LogP contribution is 2.23. The van der Waals surface area contributed by atoms with E-state index in [2.05, 4.69) is 27.3 Å². The molecule has 130 valence electrons. The molecule has 6 nitrogen and oxygen atoms in total. The van der Waals surface area contributed by atoms with Crippen LogP contribution < -0.4 is 5.32 Å². The molecule has 2 aromatic heterocycles. The van der Waals surface area contributed by atoms with Gasteiger partial charge in [0.1, 0.15) is 0 Å². The number of hydrogen-bond donors (Lipinski definition) is 1. The van der Waals surface area contributed by atoms with Crippen LogP contribution in [0.2, 0.25) is 0 Å². The fraction of sp³-hybridized carbons (Fsp3) is 0.588. The van der Waals surface area contributed by atoms with Gasteiger partial charge in [0, 0.05) is 6.42 Å². The highest BCUT2D eigenvalue weighted by molar-refractivity contribution is 7.13. The number of thiophene rings is 1. The van der Waals surface area contributed by atoms with Crippen LogP contribution in [0.1, 0.15) is 38.4 Å². The van der Waals surface area contributed by atoms with Gasteiger partial charge in [0.2, 0.25) is 5.91 Å². The molecule has 1 aliphatic rings. The minimum Gasteiger partial charge on any atom is -0.349 e. The summed E-state index contributed by atoms with van der Waals surface area (Å²) < 4.78 is 5.22. The van der Waals surface area contributed by atoms with Crippen LogP contribution in [0.4, 0.5) is 0 Å². The van der Waals surface area contributed by atoms with Gasteiger partial charge in [-0.3, -0.25) is 4.79 Å². The van der Waals surface area contributed by atoms with E-state index in [1.54, 1.807) is 11.3 Å². The highest BCUT2D eigenvalue weighted by atomic mass is 32.1. The Hall–Kier alpha value is -1.73. The van der Waals surface area contributed by atoms with Crippen molar-refractivity contribution in [2.75, 3.05) is 19.6 Å². The smallest absolute Gasteiger partial charge is 0.268 e. The average molecular weight is 348 g/mol. The molecule has 0 unspecified atom stereocenters. The molecule has 1 fully saturated rings. The number of rotatable bonds is 7. The van der Waals surface area contributed by atoms with Crippen LogP contribution in [0.15, 0.2) is 22.0 Å². The van der Waals surface area contributed by atoms with E-state index in [4.69, 9.17) is 4.52 Å². The van der Waals surface area contributed by atoms with Crippen molar-refractivity contribution in [3.63, 3.8) is 0 Å². The molecule has 3 heterocycles. The molecule has 24 heavy (non-hydrogen) atoms. The SMILES string of the molecule is CCCN1CCC(CC(=O)NCc2noc(-c3cccs3)n2)CC1. The average Bonchev–Trinajstić information content (AvgIpc) is 3.26. The van der Waals surface area contributed by atoms with Gasteiger partial charge >= 0.3 is 0 Å². The van der Waals surface area contributed by atoms with Crippen molar-refractivity contribution in [3.8, 4) is 10.8 Å². The molecule has 0 saturated carbocycles. The number of aromatic nitrogens is 2. The summed E-state index contributed by atoms with van der Waals surface area (Å²) in [6, 6.07) is 3.88. The van der Waals surface area contributed by atoms with Gasteiger partial charge in [-0.2, -0.15) is 4.98 Å². The van der Waals surface area contributed by atoms with Gasteiger partial charge in [-0.05, 0) is 56.3 Å². The molecular formula is C17H24N4O2S. The first kappa shape index (κ1) is 17.1. The number of nitrogens with one attached hydrogen (secondary N) is 1. The highest BCUT2D eigenvalue weighted by Gasteiger charge is 2.21. The number of amides is 1. The third-order valence-electron chi connectivity index (χ3n) is 4.36. The Kier molecular flexibility index (Phi) is 5.98. The second-order valence-corrected chi connectivity index (χ2v) is 7.21. The Balaban J connectivity index is 1.40. The first-order valence-electron chi connectivity index (χ1n) is 8.60. The van der Waals surface area contributed by atoms with Crippen LogP contribution >= 0.6 is 11.3 Å². The maximum absolute atomic E-state index is 12.1. The molecular weight excluding hydrogens is 324 g/mol. The molecule has 1 N–H and O–H groups in total. The molecule has 0 atom stereocenters. The Labute approximate surface area is 146 Å². The third kappa shape index (κ3) is 4.64. The molecule has 1 aliphatic heterocycles. The number of hydrogen-bond acceptors (Lipinski definition) is 6. The standard InChI is InChI=1S/C17H24N4O2S/c1-2-7-21-8-5-13(6-9-21)11-16(22)18-12-15-19-17(23-20-15)14-4-3-10-24-14/h3-4,10,13H,2,5-9,11-12H2,1H3,(H,18,22). The summed E-state index contributed by atoms with van der Waals surface area (Å²) in [5, 5.41) is 8.79. The lowest BCUT2D eigenvalue weighted by Crippen LogP contribution is -2.36. The number of nitrogens with zero attached hydrogens (tertiary/aromatic N) is 3. The molecule has 0 spiro atoms. The van der Waals surface area contributed by atoms with E-state index in [0.717, 1.165) is 30.8 Å². The van der Waals surface area contributed by atoms with E-state index in [-0.39, 0.29) is 5.91 Å². The van der Waals surface area contributed by atoms with Gasteiger partial charge in [-0.25, -0.2) is 0 Å². The number of likely N-dealkylation sites (tertiary alicyclic amines) is 1. The fourth-order valence-electron chi connectivity index (χ4n) is 3.07. The van der Waals surface area contributed by atoms with Gasteiger partial charge in [-0.15, -0.1) is 11.3 Å².